The summed E-state index contributed by atoms with van der Waals surface area (Å²) < 4.78 is 0. The number of hydrogen-bond donors (Lipinski definition) is 1. The van der Waals surface area contributed by atoms with Gasteiger partial charge in [-0.2, -0.15) is 0 Å². The van der Waals surface area contributed by atoms with Crippen LogP contribution in [0.25, 0.3) is 0 Å². The number of nitrogens with one attached hydrogen (secondary N) is 1. The molecule has 3 aromatic rings. The summed E-state index contributed by atoms with van der Waals surface area (Å²) >= 11 is 0. The SMILES string of the molecule is CCCC[Si](CCCC)(CCCC)c1cccc(P(NC2Cc3ccccc3C2)c2cccc([Si](CCCC)(CCCC)CCCC)c2)c1. The third-order valence-corrected chi connectivity index (χ3v) is 25.0. The maximum absolute atomic E-state index is 4.41. The summed E-state index contributed by atoms with van der Waals surface area (Å²) in [5.74, 6) is 0. The molecule has 0 amide bonds. The topological polar surface area (TPSA) is 12.0 Å². The van der Waals surface area contributed by atoms with E-state index < -0.39 is 24.2 Å². The van der Waals surface area contributed by atoms with E-state index in [0.29, 0.717) is 6.04 Å². The molecule has 49 heavy (non-hydrogen) atoms. The van der Waals surface area contributed by atoms with Gasteiger partial charge < -0.3 is 0 Å². The van der Waals surface area contributed by atoms with Crippen LogP contribution in [-0.4, -0.2) is 22.2 Å². The van der Waals surface area contributed by atoms with Crippen molar-refractivity contribution in [2.45, 2.75) is 174 Å². The average Bonchev–Trinajstić information content (AvgIpc) is 3.56. The standard InChI is InChI=1S/C45H72NPSi2/c1-7-13-29-48(30-14-8-2,31-15-9-3)44-27-21-25-42(37-44)47(46-41-35-39-23-19-20-24-40(39)36-41)43-26-22-28-45(38-43)49(32-16-10-4,33-17-11-5)34-18-12-6/h19-28,37-38,41,46H,7-18,29-36H2,1-6H3. The first-order valence-corrected chi connectivity index (χ1v) is 27.4. The summed E-state index contributed by atoms with van der Waals surface area (Å²) in [5.41, 5.74) is 3.10. The highest BCUT2D eigenvalue weighted by Crippen LogP contribution is 2.36. The van der Waals surface area contributed by atoms with E-state index in [0.717, 1.165) is 12.8 Å². The Labute approximate surface area is 306 Å². The van der Waals surface area contributed by atoms with Crippen LogP contribution in [0.4, 0.5) is 0 Å². The lowest BCUT2D eigenvalue weighted by molar-refractivity contribution is 0.668. The Balaban J connectivity index is 1.82. The van der Waals surface area contributed by atoms with Gasteiger partial charge in [-0.3, -0.25) is 5.09 Å². The maximum Gasteiger partial charge on any atom is 0.0867 e. The zero-order chi connectivity index (χ0) is 35.0. The summed E-state index contributed by atoms with van der Waals surface area (Å²) in [6.45, 7) is 14.4. The van der Waals surface area contributed by atoms with Crippen LogP contribution in [0.1, 0.15) is 130 Å². The molecule has 0 saturated heterocycles. The Bertz CT molecular complexity index is 1230. The third kappa shape index (κ3) is 11.0. The molecule has 0 bridgehead atoms. The molecule has 0 fully saturated rings. The van der Waals surface area contributed by atoms with E-state index in [1.54, 1.807) is 32.1 Å². The molecule has 1 aliphatic rings. The van der Waals surface area contributed by atoms with E-state index in [1.807, 2.05) is 0 Å². The van der Waals surface area contributed by atoms with E-state index in [1.165, 1.54) is 113 Å². The monoisotopic (exact) mass is 713 g/mol. The molecule has 0 heterocycles. The van der Waals surface area contributed by atoms with E-state index in [9.17, 15) is 0 Å². The summed E-state index contributed by atoms with van der Waals surface area (Å²) in [5, 5.41) is 11.1. The first-order chi connectivity index (χ1) is 24.0. The Morgan fingerprint density at radius 2 is 0.837 bits per heavy atom. The smallest absolute Gasteiger partial charge is 0.0867 e. The molecule has 0 saturated carbocycles. The lowest BCUT2D eigenvalue weighted by Crippen LogP contribution is -2.49. The van der Waals surface area contributed by atoms with Crippen molar-refractivity contribution in [1.29, 1.82) is 0 Å². The van der Waals surface area contributed by atoms with Crippen molar-refractivity contribution in [3.8, 4) is 0 Å². The number of benzene rings is 3. The fourth-order valence-electron chi connectivity index (χ4n) is 8.79. The van der Waals surface area contributed by atoms with E-state index in [-0.39, 0.29) is 0 Å². The zero-order valence-electron chi connectivity index (χ0n) is 32.6. The average molecular weight is 714 g/mol. The van der Waals surface area contributed by atoms with Crippen molar-refractivity contribution < 1.29 is 0 Å². The second-order valence-electron chi connectivity index (χ2n) is 15.6. The third-order valence-electron chi connectivity index (χ3n) is 11.8. The summed E-state index contributed by atoms with van der Waals surface area (Å²) in [6, 6.07) is 39.1. The van der Waals surface area contributed by atoms with Crippen LogP contribution in [0.5, 0.6) is 0 Å². The lowest BCUT2D eigenvalue weighted by Gasteiger charge is -2.35. The molecule has 4 rings (SSSR count). The van der Waals surface area contributed by atoms with Gasteiger partial charge in [-0.25, -0.2) is 0 Å². The molecule has 1 N–H and O–H groups in total. The minimum absolute atomic E-state index is 0.500. The summed E-state index contributed by atoms with van der Waals surface area (Å²) in [4.78, 5) is 0. The molecule has 0 aromatic heterocycles. The van der Waals surface area contributed by atoms with E-state index in [4.69, 9.17) is 0 Å². The van der Waals surface area contributed by atoms with Gasteiger partial charge in [0.25, 0.3) is 0 Å². The maximum atomic E-state index is 4.41. The minimum atomic E-state index is -1.61. The highest BCUT2D eigenvalue weighted by Gasteiger charge is 2.36. The van der Waals surface area contributed by atoms with Crippen LogP contribution < -0.4 is 26.1 Å². The second kappa shape index (κ2) is 21.1. The van der Waals surface area contributed by atoms with Crippen molar-refractivity contribution in [2.75, 3.05) is 0 Å². The van der Waals surface area contributed by atoms with Gasteiger partial charge >= 0.3 is 0 Å². The fraction of sp³-hybridized carbons (Fsp3) is 0.600. The second-order valence-corrected chi connectivity index (χ2v) is 26.9. The quantitative estimate of drug-likeness (QED) is 0.0720. The first-order valence-electron chi connectivity index (χ1n) is 20.8. The predicted molar refractivity (Wildman–Crippen MR) is 229 cm³/mol. The number of unbranched alkanes of at least 4 members (excludes halogenated alkanes) is 6. The van der Waals surface area contributed by atoms with Crippen LogP contribution in [-0.2, 0) is 12.8 Å². The number of rotatable bonds is 24. The van der Waals surface area contributed by atoms with Crippen molar-refractivity contribution >= 4 is 45.2 Å². The Kier molecular flexibility index (Phi) is 17.3. The summed E-state index contributed by atoms with van der Waals surface area (Å²) in [6.07, 6.45) is 18.5. The van der Waals surface area contributed by atoms with E-state index >= 15 is 0 Å². The van der Waals surface area contributed by atoms with Crippen LogP contribution >= 0.6 is 8.07 Å². The molecule has 270 valence electrons. The van der Waals surface area contributed by atoms with Gasteiger partial charge in [0.1, 0.15) is 0 Å². The van der Waals surface area contributed by atoms with Gasteiger partial charge in [0.15, 0.2) is 0 Å². The minimum Gasteiger partial charge on any atom is -0.285 e. The predicted octanol–water partition coefficient (Wildman–Crippen LogP) is 11.9. The van der Waals surface area contributed by atoms with Gasteiger partial charge in [-0.05, 0) is 34.6 Å². The van der Waals surface area contributed by atoms with Crippen molar-refractivity contribution in [2.24, 2.45) is 0 Å². The van der Waals surface area contributed by atoms with Gasteiger partial charge in [0.2, 0.25) is 0 Å². The molecule has 0 atom stereocenters. The van der Waals surface area contributed by atoms with Crippen LogP contribution in [0.3, 0.4) is 0 Å². The van der Waals surface area contributed by atoms with E-state index in [2.05, 4.69) is 119 Å². The van der Waals surface area contributed by atoms with Crippen molar-refractivity contribution in [3.05, 3.63) is 83.9 Å². The van der Waals surface area contributed by atoms with Gasteiger partial charge in [0.05, 0.1) is 16.1 Å². The molecular formula is C45H72NPSi2. The molecule has 4 heteroatoms. The highest BCUT2D eigenvalue weighted by molar-refractivity contribution is 7.71. The molecule has 1 nitrogen and oxygen atoms in total. The molecule has 0 spiro atoms. The van der Waals surface area contributed by atoms with Crippen molar-refractivity contribution in [3.63, 3.8) is 0 Å². The molecule has 0 radical (unpaired) electrons. The van der Waals surface area contributed by atoms with Crippen LogP contribution in [0.15, 0.2) is 72.8 Å². The first kappa shape index (κ1) is 40.3. The van der Waals surface area contributed by atoms with Crippen molar-refractivity contribution in [1.82, 2.24) is 5.09 Å². The highest BCUT2D eigenvalue weighted by atomic mass is 31.1. The molecular weight excluding hydrogens is 642 g/mol. The number of hydrogen-bond acceptors (Lipinski definition) is 1. The van der Waals surface area contributed by atoms with Gasteiger partial charge in [-0.15, -0.1) is 0 Å². The Morgan fingerprint density at radius 3 is 1.16 bits per heavy atom. The van der Waals surface area contributed by atoms with Crippen LogP contribution in [0, 0.1) is 0 Å². The van der Waals surface area contributed by atoms with Crippen LogP contribution in [0.2, 0.25) is 36.3 Å². The molecule has 3 aromatic carbocycles. The van der Waals surface area contributed by atoms with Gasteiger partial charge in [0, 0.05) is 14.1 Å². The molecule has 1 aliphatic carbocycles. The van der Waals surface area contributed by atoms with Gasteiger partial charge in [-0.1, -0.05) is 238 Å². The Morgan fingerprint density at radius 1 is 0.490 bits per heavy atom. The summed E-state index contributed by atoms with van der Waals surface area (Å²) in [7, 11) is -3.88. The zero-order valence-corrected chi connectivity index (χ0v) is 35.5. The molecule has 0 aliphatic heterocycles. The fourth-order valence-corrected chi connectivity index (χ4v) is 22.4. The largest absolute Gasteiger partial charge is 0.285 e. The Hall–Kier alpha value is -1.52. The molecule has 0 unspecified atom stereocenters. The number of fused-ring (bicyclic) bond motifs is 1. The lowest BCUT2D eigenvalue weighted by atomic mass is 10.1. The normalized spacial score (nSPS) is 13.8.